The lowest BCUT2D eigenvalue weighted by Crippen LogP contribution is -2.39. The van der Waals surface area contributed by atoms with Crippen LogP contribution in [0.1, 0.15) is 18.4 Å². The largest absolute Gasteiger partial charge is 0.481 e. The van der Waals surface area contributed by atoms with Crippen molar-refractivity contribution in [2.75, 3.05) is 18.0 Å². The van der Waals surface area contributed by atoms with Gasteiger partial charge in [-0.05, 0) is 18.4 Å². The van der Waals surface area contributed by atoms with E-state index in [1.807, 2.05) is 35.2 Å². The Morgan fingerprint density at radius 1 is 1.30 bits per heavy atom. The van der Waals surface area contributed by atoms with Gasteiger partial charge in [-0.1, -0.05) is 30.3 Å². The summed E-state index contributed by atoms with van der Waals surface area (Å²) in [5, 5.41) is 9.18. The van der Waals surface area contributed by atoms with Crippen molar-refractivity contribution in [1.82, 2.24) is 9.97 Å². The van der Waals surface area contributed by atoms with Crippen LogP contribution in [0.3, 0.4) is 0 Å². The normalized spacial score (nSPS) is 17.7. The first-order valence-electron chi connectivity index (χ1n) is 7.70. The smallest absolute Gasteiger partial charge is 0.308 e. The second-order valence-electron chi connectivity index (χ2n) is 5.59. The molecule has 1 unspecified atom stereocenters. The maximum absolute atomic E-state index is 11.2. The van der Waals surface area contributed by atoms with Crippen LogP contribution in [0.25, 0.3) is 0 Å². The van der Waals surface area contributed by atoms with Crippen LogP contribution in [-0.2, 0) is 11.4 Å². The Balaban J connectivity index is 1.66. The number of aliphatic carboxylic acids is 1. The minimum absolute atomic E-state index is 0.360. The van der Waals surface area contributed by atoms with E-state index in [1.165, 1.54) is 0 Å². The molecule has 2 heterocycles. The van der Waals surface area contributed by atoms with Gasteiger partial charge in [0.1, 0.15) is 6.61 Å². The number of rotatable bonds is 5. The van der Waals surface area contributed by atoms with E-state index in [2.05, 4.69) is 9.97 Å². The quantitative estimate of drug-likeness (QED) is 0.913. The summed E-state index contributed by atoms with van der Waals surface area (Å²) in [7, 11) is 0. The van der Waals surface area contributed by atoms with Gasteiger partial charge < -0.3 is 14.7 Å². The topological polar surface area (TPSA) is 75.5 Å². The molecule has 1 aromatic heterocycles. The first-order valence-corrected chi connectivity index (χ1v) is 7.70. The van der Waals surface area contributed by atoms with E-state index in [0.29, 0.717) is 31.4 Å². The summed E-state index contributed by atoms with van der Waals surface area (Å²) in [6.07, 6.45) is 3.18. The predicted octanol–water partition coefficient (Wildman–Crippen LogP) is 2.36. The molecule has 6 nitrogen and oxygen atoms in total. The van der Waals surface area contributed by atoms with Gasteiger partial charge in [0.05, 0.1) is 5.92 Å². The molecule has 0 saturated carbocycles. The molecule has 0 aliphatic carbocycles. The predicted molar refractivity (Wildman–Crippen MR) is 85.4 cm³/mol. The lowest BCUT2D eigenvalue weighted by molar-refractivity contribution is -0.141. The molecule has 0 radical (unpaired) electrons. The van der Waals surface area contributed by atoms with Crippen LogP contribution in [0, 0.1) is 5.92 Å². The molecule has 1 aliphatic rings. The summed E-state index contributed by atoms with van der Waals surface area (Å²) in [6.45, 7) is 1.65. The van der Waals surface area contributed by atoms with Crippen LogP contribution in [-0.4, -0.2) is 34.1 Å². The molecule has 6 heteroatoms. The van der Waals surface area contributed by atoms with Crippen molar-refractivity contribution in [3.05, 3.63) is 48.2 Å². The first kappa shape index (κ1) is 15.3. The average molecular weight is 313 g/mol. The molecule has 3 rings (SSSR count). The summed E-state index contributed by atoms with van der Waals surface area (Å²) in [6, 6.07) is 11.6. The van der Waals surface area contributed by atoms with Gasteiger partial charge >= 0.3 is 5.97 Å². The fraction of sp³-hybridized carbons (Fsp3) is 0.353. The van der Waals surface area contributed by atoms with Gasteiger partial charge in [0, 0.05) is 25.4 Å². The van der Waals surface area contributed by atoms with Crippen LogP contribution in [0.4, 0.5) is 5.95 Å². The molecule has 1 aliphatic heterocycles. The molecule has 2 aromatic rings. The molecule has 1 saturated heterocycles. The number of piperidine rings is 1. The summed E-state index contributed by atoms with van der Waals surface area (Å²) < 4.78 is 5.70. The lowest BCUT2D eigenvalue weighted by atomic mass is 9.99. The highest BCUT2D eigenvalue weighted by molar-refractivity contribution is 5.71. The van der Waals surface area contributed by atoms with Crippen LogP contribution < -0.4 is 9.64 Å². The minimum atomic E-state index is -0.758. The number of ether oxygens (including phenoxy) is 1. The molecule has 120 valence electrons. The third-order valence-electron chi connectivity index (χ3n) is 3.90. The summed E-state index contributed by atoms with van der Waals surface area (Å²) >= 11 is 0. The molecular weight excluding hydrogens is 294 g/mol. The van der Waals surface area contributed by atoms with Crippen molar-refractivity contribution >= 4 is 11.9 Å². The molecule has 0 bridgehead atoms. The van der Waals surface area contributed by atoms with Crippen LogP contribution in [0.15, 0.2) is 42.6 Å². The SMILES string of the molecule is O=C(O)C1CCCN(c2nccc(OCc3ccccc3)n2)C1. The maximum atomic E-state index is 11.2. The highest BCUT2D eigenvalue weighted by Gasteiger charge is 2.26. The Hall–Kier alpha value is -2.63. The highest BCUT2D eigenvalue weighted by atomic mass is 16.5. The number of benzene rings is 1. The van der Waals surface area contributed by atoms with E-state index >= 15 is 0 Å². The van der Waals surface area contributed by atoms with Gasteiger partial charge in [-0.15, -0.1) is 0 Å². The number of carboxylic acids is 1. The molecule has 23 heavy (non-hydrogen) atoms. The van der Waals surface area contributed by atoms with Crippen molar-refractivity contribution in [1.29, 1.82) is 0 Å². The Labute approximate surface area is 134 Å². The van der Waals surface area contributed by atoms with Gasteiger partial charge in [-0.25, -0.2) is 4.98 Å². The standard InChI is InChI=1S/C17H19N3O3/c21-16(22)14-7-4-10-20(11-14)17-18-9-8-15(19-17)23-12-13-5-2-1-3-6-13/h1-3,5-6,8-9,14H,4,7,10-12H2,(H,21,22). The number of aromatic nitrogens is 2. The monoisotopic (exact) mass is 313 g/mol. The van der Waals surface area contributed by atoms with Crippen molar-refractivity contribution in [3.8, 4) is 5.88 Å². The molecule has 0 amide bonds. The van der Waals surface area contributed by atoms with Crippen LogP contribution in [0.2, 0.25) is 0 Å². The second-order valence-corrected chi connectivity index (χ2v) is 5.59. The number of carboxylic acid groups (broad SMARTS) is 1. The third-order valence-corrected chi connectivity index (χ3v) is 3.90. The maximum Gasteiger partial charge on any atom is 0.308 e. The van der Waals surface area contributed by atoms with E-state index in [0.717, 1.165) is 18.5 Å². The van der Waals surface area contributed by atoms with Crippen molar-refractivity contribution in [2.24, 2.45) is 5.92 Å². The molecule has 1 aromatic carbocycles. The van der Waals surface area contributed by atoms with Gasteiger partial charge in [0.15, 0.2) is 0 Å². The molecule has 0 spiro atoms. The lowest BCUT2D eigenvalue weighted by Gasteiger charge is -2.30. The molecular formula is C17H19N3O3. The van der Waals surface area contributed by atoms with E-state index < -0.39 is 5.97 Å². The number of hydrogen-bond donors (Lipinski definition) is 1. The molecule has 1 atom stereocenters. The Morgan fingerprint density at radius 3 is 2.91 bits per heavy atom. The fourth-order valence-corrected chi connectivity index (χ4v) is 2.66. The highest BCUT2D eigenvalue weighted by Crippen LogP contribution is 2.22. The van der Waals surface area contributed by atoms with Gasteiger partial charge in [0.25, 0.3) is 0 Å². The zero-order valence-electron chi connectivity index (χ0n) is 12.8. The number of carbonyl (C=O) groups is 1. The Morgan fingerprint density at radius 2 is 2.13 bits per heavy atom. The van der Waals surface area contributed by atoms with Crippen molar-refractivity contribution in [2.45, 2.75) is 19.4 Å². The summed E-state index contributed by atoms with van der Waals surface area (Å²) in [4.78, 5) is 21.7. The minimum Gasteiger partial charge on any atom is -0.481 e. The van der Waals surface area contributed by atoms with Crippen LogP contribution in [0.5, 0.6) is 5.88 Å². The number of anilines is 1. The van der Waals surface area contributed by atoms with E-state index in [4.69, 9.17) is 4.74 Å². The number of nitrogens with zero attached hydrogens (tertiary/aromatic N) is 3. The number of hydrogen-bond acceptors (Lipinski definition) is 5. The first-order chi connectivity index (χ1) is 11.2. The molecule has 1 N–H and O–H groups in total. The zero-order chi connectivity index (χ0) is 16.1. The summed E-state index contributed by atoms with van der Waals surface area (Å²) in [5.74, 6) is -0.0924. The van der Waals surface area contributed by atoms with E-state index in [-0.39, 0.29) is 5.92 Å². The van der Waals surface area contributed by atoms with Gasteiger partial charge in [-0.3, -0.25) is 4.79 Å². The Bertz CT molecular complexity index is 663. The van der Waals surface area contributed by atoms with Crippen molar-refractivity contribution in [3.63, 3.8) is 0 Å². The van der Waals surface area contributed by atoms with E-state index in [1.54, 1.807) is 12.3 Å². The zero-order valence-corrected chi connectivity index (χ0v) is 12.8. The molecule has 1 fully saturated rings. The average Bonchev–Trinajstić information content (AvgIpc) is 2.61. The summed E-state index contributed by atoms with van der Waals surface area (Å²) in [5.41, 5.74) is 1.07. The second kappa shape index (κ2) is 7.09. The van der Waals surface area contributed by atoms with Gasteiger partial charge in [0.2, 0.25) is 11.8 Å². The van der Waals surface area contributed by atoms with Gasteiger partial charge in [-0.2, -0.15) is 4.98 Å². The fourth-order valence-electron chi connectivity index (χ4n) is 2.66. The van der Waals surface area contributed by atoms with Crippen LogP contribution >= 0.6 is 0 Å². The Kier molecular flexibility index (Phi) is 4.71. The van der Waals surface area contributed by atoms with E-state index in [9.17, 15) is 9.90 Å². The van der Waals surface area contributed by atoms with Crippen molar-refractivity contribution < 1.29 is 14.6 Å². The third kappa shape index (κ3) is 3.97.